The van der Waals surface area contributed by atoms with Crippen LogP contribution in [0.2, 0.25) is 0 Å². The minimum Gasteiger partial charge on any atom is -0.596 e. The van der Waals surface area contributed by atoms with Gasteiger partial charge < -0.3 is 17.0 Å². The molecule has 1 aromatic rings. The summed E-state index contributed by atoms with van der Waals surface area (Å²) >= 11 is 0. The fraction of sp³-hybridized carbons (Fsp3) is 0.375. The van der Waals surface area contributed by atoms with E-state index in [1.165, 1.54) is 5.56 Å². The zero-order chi connectivity index (χ0) is 14.9. The van der Waals surface area contributed by atoms with Crippen molar-refractivity contribution in [1.29, 1.82) is 0 Å². The monoisotopic (exact) mass is 351 g/mol. The van der Waals surface area contributed by atoms with Gasteiger partial charge in [-0.1, -0.05) is 68.0 Å². The first-order valence-electron chi connectivity index (χ1n) is 6.67. The predicted molar refractivity (Wildman–Crippen MR) is 86.7 cm³/mol. The number of allylic oxidation sites excluding steroid dienone is 2. The Morgan fingerprint density at radius 3 is 2.00 bits per heavy atom. The minimum atomic E-state index is 0. The van der Waals surface area contributed by atoms with E-state index in [0.29, 0.717) is 13.1 Å². The fourth-order valence-corrected chi connectivity index (χ4v) is 1.17. The molecule has 20 heavy (non-hydrogen) atoms. The Morgan fingerprint density at radius 1 is 1.15 bits per heavy atom. The first kappa shape index (κ1) is 24.7. The second-order valence-electron chi connectivity index (χ2n) is 3.39. The van der Waals surface area contributed by atoms with Crippen LogP contribution in [0.5, 0.6) is 0 Å². The summed E-state index contributed by atoms with van der Waals surface area (Å²) in [5.41, 5.74) is 11.2. The molecule has 0 aromatic heterocycles. The summed E-state index contributed by atoms with van der Waals surface area (Å²) in [5, 5.41) is 0. The van der Waals surface area contributed by atoms with Crippen LogP contribution >= 0.6 is 0 Å². The molecular formula is C16H28N3Y-. The van der Waals surface area contributed by atoms with Crippen molar-refractivity contribution in [2.45, 2.75) is 34.2 Å². The third-order valence-corrected chi connectivity index (χ3v) is 2.10. The van der Waals surface area contributed by atoms with Crippen LogP contribution in [-0.2, 0) is 39.3 Å². The molecule has 0 spiro atoms. The molecule has 111 valence electrons. The van der Waals surface area contributed by atoms with Crippen LogP contribution in [0.4, 0.5) is 0 Å². The molecule has 0 aliphatic rings. The molecule has 0 aliphatic heterocycles. The van der Waals surface area contributed by atoms with Crippen molar-refractivity contribution < 1.29 is 32.7 Å². The fourth-order valence-electron chi connectivity index (χ4n) is 1.17. The number of benzene rings is 1. The van der Waals surface area contributed by atoms with Crippen LogP contribution in [0.15, 0.2) is 54.1 Å². The van der Waals surface area contributed by atoms with Gasteiger partial charge in [0.15, 0.2) is 0 Å². The van der Waals surface area contributed by atoms with Gasteiger partial charge in [0, 0.05) is 39.3 Å². The molecular weight excluding hydrogens is 323 g/mol. The summed E-state index contributed by atoms with van der Waals surface area (Å²) in [7, 11) is 0. The molecule has 0 unspecified atom stereocenters. The van der Waals surface area contributed by atoms with Crippen molar-refractivity contribution in [2.75, 3.05) is 6.54 Å². The van der Waals surface area contributed by atoms with E-state index in [4.69, 9.17) is 11.6 Å². The van der Waals surface area contributed by atoms with Crippen LogP contribution < -0.4 is 11.6 Å². The van der Waals surface area contributed by atoms with Crippen molar-refractivity contribution >= 4 is 0 Å². The van der Waals surface area contributed by atoms with Gasteiger partial charge >= 0.3 is 0 Å². The number of hydrogen-bond acceptors (Lipinski definition) is 2. The Bertz CT molecular complexity index is 335. The van der Waals surface area contributed by atoms with Crippen LogP contribution in [0.3, 0.4) is 0 Å². The Morgan fingerprint density at radius 2 is 1.70 bits per heavy atom. The van der Waals surface area contributed by atoms with Gasteiger partial charge in [0.25, 0.3) is 0 Å². The summed E-state index contributed by atoms with van der Waals surface area (Å²) in [5.74, 6) is 4.99. The van der Waals surface area contributed by atoms with E-state index in [1.807, 2.05) is 76.3 Å². The van der Waals surface area contributed by atoms with Gasteiger partial charge in [-0.2, -0.15) is 0 Å². The molecule has 1 rings (SSSR count). The second-order valence-corrected chi connectivity index (χ2v) is 3.39. The van der Waals surface area contributed by atoms with Gasteiger partial charge in [-0.25, -0.2) is 0 Å². The quantitative estimate of drug-likeness (QED) is 0.490. The molecule has 4 N–H and O–H groups in total. The van der Waals surface area contributed by atoms with Gasteiger partial charge in [-0.15, -0.1) is 6.54 Å². The predicted octanol–water partition coefficient (Wildman–Crippen LogP) is 3.93. The van der Waals surface area contributed by atoms with Crippen LogP contribution in [-0.4, -0.2) is 6.54 Å². The van der Waals surface area contributed by atoms with E-state index in [-0.39, 0.29) is 32.7 Å². The molecule has 1 aromatic carbocycles. The molecule has 3 nitrogen and oxygen atoms in total. The average molecular weight is 351 g/mol. The van der Waals surface area contributed by atoms with E-state index in [2.05, 4.69) is 5.43 Å². The summed E-state index contributed by atoms with van der Waals surface area (Å²) < 4.78 is 0. The maximum atomic E-state index is 5.35. The minimum absolute atomic E-state index is 0. The summed E-state index contributed by atoms with van der Waals surface area (Å²) in [6.07, 6.45) is 5.97. The van der Waals surface area contributed by atoms with Crippen molar-refractivity contribution in [2.24, 2.45) is 11.6 Å². The molecule has 0 fully saturated rings. The van der Waals surface area contributed by atoms with Crippen LogP contribution in [0.25, 0.3) is 5.43 Å². The topological polar surface area (TPSA) is 66.1 Å². The van der Waals surface area contributed by atoms with Crippen molar-refractivity contribution in [3.8, 4) is 0 Å². The summed E-state index contributed by atoms with van der Waals surface area (Å²) in [6.45, 7) is 9.20. The van der Waals surface area contributed by atoms with E-state index < -0.39 is 0 Å². The number of nitrogens with zero attached hydrogens (tertiary/aromatic N) is 1. The van der Waals surface area contributed by atoms with Crippen molar-refractivity contribution in [1.82, 2.24) is 0 Å². The average Bonchev–Trinajstić information content (AvgIpc) is 2.50. The van der Waals surface area contributed by atoms with Gasteiger partial charge in [-0.05, 0) is 19.4 Å². The van der Waals surface area contributed by atoms with E-state index >= 15 is 0 Å². The Labute approximate surface area is 149 Å². The van der Waals surface area contributed by atoms with Gasteiger partial charge in [0.05, 0.1) is 0 Å². The third kappa shape index (κ3) is 15.7. The SMILES string of the molecule is C/C=C\C(=C/C)C[N-]N.CC.NCc1ccccc1.[Y]. The van der Waals surface area contributed by atoms with E-state index in [0.717, 1.165) is 5.57 Å². The maximum absolute atomic E-state index is 5.35. The number of nitrogens with two attached hydrogens (primary N) is 2. The normalized spacial score (nSPS) is 9.80. The van der Waals surface area contributed by atoms with Gasteiger partial charge in [0.2, 0.25) is 0 Å². The first-order chi connectivity index (χ1) is 9.28. The standard InChI is InChI=1S/C7H13N2.C7H9N.C2H6.Y/c1-3-5-7(4-2)6-9-8;8-6-7-4-2-1-3-5-7;1-2;/h3-5H,6,8H2,1-2H3;1-5H,6,8H2;1-2H3;/q-1;;;/b5-3-,7-4+;;;. The van der Waals surface area contributed by atoms with Crippen LogP contribution in [0.1, 0.15) is 33.3 Å². The van der Waals surface area contributed by atoms with E-state index in [1.54, 1.807) is 0 Å². The van der Waals surface area contributed by atoms with Crippen LogP contribution in [0, 0.1) is 0 Å². The van der Waals surface area contributed by atoms with E-state index in [9.17, 15) is 0 Å². The largest absolute Gasteiger partial charge is 0.596 e. The molecule has 0 aliphatic carbocycles. The zero-order valence-electron chi connectivity index (χ0n) is 13.2. The van der Waals surface area contributed by atoms with Crippen molar-refractivity contribution in [3.63, 3.8) is 0 Å². The number of hydrogen-bond donors (Lipinski definition) is 2. The van der Waals surface area contributed by atoms with Crippen molar-refractivity contribution in [3.05, 3.63) is 65.1 Å². The molecule has 0 atom stereocenters. The summed E-state index contributed by atoms with van der Waals surface area (Å²) in [4.78, 5) is 0. The first-order valence-corrected chi connectivity index (χ1v) is 6.67. The Hall–Kier alpha value is -0.316. The van der Waals surface area contributed by atoms with Gasteiger partial charge in [0.1, 0.15) is 0 Å². The van der Waals surface area contributed by atoms with Gasteiger partial charge in [-0.3, -0.25) is 0 Å². The molecule has 0 saturated carbocycles. The molecule has 4 heteroatoms. The Balaban J connectivity index is -0.000000246. The third-order valence-electron chi connectivity index (χ3n) is 2.10. The maximum Gasteiger partial charge on any atom is 0.0178 e. The Kier molecular flexibility index (Phi) is 25.9. The molecule has 1 radical (unpaired) electrons. The molecule has 0 saturated heterocycles. The molecule has 0 heterocycles. The zero-order valence-corrected chi connectivity index (χ0v) is 16.1. The second kappa shape index (κ2) is 21.0. The smallest absolute Gasteiger partial charge is 0.0178 e. The molecule has 0 bridgehead atoms. The number of rotatable bonds is 4. The molecule has 0 amide bonds. The summed E-state index contributed by atoms with van der Waals surface area (Å²) in [6, 6.07) is 9.99.